The van der Waals surface area contributed by atoms with Crippen LogP contribution in [0.1, 0.15) is 54.2 Å². The Balaban J connectivity index is 1.57. The fourth-order valence-electron chi connectivity index (χ4n) is 5.06. The molecule has 5 N–H and O–H groups in total. The van der Waals surface area contributed by atoms with Crippen LogP contribution in [0.4, 0.5) is 0 Å². The number of nitrogens with one attached hydrogen (secondary N) is 3. The fraction of sp³-hybridized carbons (Fsp3) is 0.500. The summed E-state index contributed by atoms with van der Waals surface area (Å²) in [5.74, 6) is -2.16. The smallest absolute Gasteiger partial charge is 0.276 e. The lowest BCUT2D eigenvalue weighted by Gasteiger charge is -2.17. The van der Waals surface area contributed by atoms with Crippen molar-refractivity contribution in [2.24, 2.45) is 5.10 Å². The van der Waals surface area contributed by atoms with Crippen molar-refractivity contribution in [1.29, 1.82) is 0 Å². The van der Waals surface area contributed by atoms with Gasteiger partial charge in [0.05, 0.1) is 47.9 Å². The maximum atomic E-state index is 13.1. The van der Waals surface area contributed by atoms with Gasteiger partial charge in [-0.2, -0.15) is 5.10 Å². The van der Waals surface area contributed by atoms with Gasteiger partial charge in [0.1, 0.15) is 5.69 Å². The van der Waals surface area contributed by atoms with E-state index in [1.807, 2.05) is 0 Å². The normalized spacial score (nSPS) is 22.0. The minimum Gasteiger partial charge on any atom is -0.395 e. The predicted octanol–water partition coefficient (Wildman–Crippen LogP) is -0.997. The van der Waals surface area contributed by atoms with Gasteiger partial charge in [-0.3, -0.25) is 24.3 Å². The highest BCUT2D eigenvalue weighted by atomic mass is 32.2. The summed E-state index contributed by atoms with van der Waals surface area (Å²) in [5.41, 5.74) is -0.391. The van der Waals surface area contributed by atoms with E-state index in [0.717, 1.165) is 30.7 Å². The number of rotatable bonds is 11. The van der Waals surface area contributed by atoms with Crippen LogP contribution < -0.4 is 16.2 Å². The number of hydrogen-bond donors (Lipinski definition) is 5. The zero-order chi connectivity index (χ0) is 29.6. The molecule has 0 aromatic carbocycles. The fourth-order valence-corrected chi connectivity index (χ4v) is 6.75. The molecule has 222 valence electrons. The van der Waals surface area contributed by atoms with Gasteiger partial charge in [0.25, 0.3) is 23.3 Å². The quantitative estimate of drug-likeness (QED) is 0.159. The van der Waals surface area contributed by atoms with Gasteiger partial charge in [-0.1, -0.05) is 31.1 Å². The second-order valence-corrected chi connectivity index (χ2v) is 12.2. The molecule has 4 rings (SSSR count). The van der Waals surface area contributed by atoms with Crippen molar-refractivity contribution in [2.45, 2.75) is 44.2 Å². The van der Waals surface area contributed by atoms with Crippen LogP contribution in [0.3, 0.4) is 0 Å². The Labute approximate surface area is 236 Å². The molecule has 1 saturated carbocycles. The van der Waals surface area contributed by atoms with E-state index in [1.165, 1.54) is 35.1 Å². The first-order valence-corrected chi connectivity index (χ1v) is 15.3. The van der Waals surface area contributed by atoms with Gasteiger partial charge >= 0.3 is 0 Å². The van der Waals surface area contributed by atoms with E-state index in [9.17, 15) is 27.6 Å². The molecule has 1 aromatic rings. The number of sulfone groups is 1. The molecule has 0 bridgehead atoms. The Bertz CT molecular complexity index is 1460. The molecule has 2 aliphatic heterocycles. The number of aromatic nitrogens is 2. The molecule has 1 saturated heterocycles. The second kappa shape index (κ2) is 13.2. The molecule has 0 spiro atoms. The van der Waals surface area contributed by atoms with Crippen molar-refractivity contribution in [1.82, 2.24) is 25.4 Å². The first-order chi connectivity index (χ1) is 19.7. The van der Waals surface area contributed by atoms with E-state index >= 15 is 0 Å². The standard InChI is InChI=1S/C26H34N6O8S/c33-13-11-27-23(35)21-19(25(37)31(29-21)17-6-4-5-7-17)8-2-1-3-9-20-22(24(36)28-12-14-34)30-32(26(20)38)18-10-15-41(39,40)16-18/h1-3,8-9,17-18,29,33-34H,4-7,10-16H2,(H,27,35)(H,28,36)/b3-1+,8-2+,20-9-. The Hall–Kier alpha value is -3.82. The average molecular weight is 591 g/mol. The second-order valence-electron chi connectivity index (χ2n) is 9.95. The first kappa shape index (κ1) is 30.1. The van der Waals surface area contributed by atoms with Crippen LogP contribution in [-0.4, -0.2) is 101 Å². The highest BCUT2D eigenvalue weighted by Gasteiger charge is 2.41. The lowest BCUT2D eigenvalue weighted by Crippen LogP contribution is -2.35. The highest BCUT2D eigenvalue weighted by Crippen LogP contribution is 2.28. The third kappa shape index (κ3) is 6.92. The van der Waals surface area contributed by atoms with Gasteiger partial charge < -0.3 is 20.8 Å². The first-order valence-electron chi connectivity index (χ1n) is 13.5. The molecule has 3 amide bonds. The number of aromatic amines is 1. The number of nitrogens with zero attached hydrogens (tertiary/aromatic N) is 3. The minimum atomic E-state index is -3.31. The summed E-state index contributed by atoms with van der Waals surface area (Å²) >= 11 is 0. The molecule has 3 heterocycles. The van der Waals surface area contributed by atoms with Crippen molar-refractivity contribution >= 4 is 39.3 Å². The van der Waals surface area contributed by atoms with Crippen LogP contribution in [0.15, 0.2) is 39.8 Å². The molecule has 3 aliphatic rings. The van der Waals surface area contributed by atoms with Gasteiger partial charge in [0.15, 0.2) is 15.5 Å². The van der Waals surface area contributed by atoms with Crippen molar-refractivity contribution < 1.29 is 33.0 Å². The molecule has 0 radical (unpaired) electrons. The lowest BCUT2D eigenvalue weighted by atomic mass is 10.1. The summed E-state index contributed by atoms with van der Waals surface area (Å²) < 4.78 is 25.3. The van der Waals surface area contributed by atoms with Gasteiger partial charge in [0, 0.05) is 13.1 Å². The monoisotopic (exact) mass is 590 g/mol. The zero-order valence-corrected chi connectivity index (χ0v) is 23.2. The highest BCUT2D eigenvalue weighted by molar-refractivity contribution is 7.91. The number of amides is 3. The lowest BCUT2D eigenvalue weighted by molar-refractivity contribution is -0.127. The third-order valence-electron chi connectivity index (χ3n) is 7.08. The van der Waals surface area contributed by atoms with E-state index in [-0.39, 0.29) is 78.4 Å². The Kier molecular flexibility index (Phi) is 9.73. The van der Waals surface area contributed by atoms with E-state index in [1.54, 1.807) is 0 Å². The van der Waals surface area contributed by atoms with Crippen LogP contribution in [0.5, 0.6) is 0 Å². The van der Waals surface area contributed by atoms with Crippen LogP contribution in [0.2, 0.25) is 0 Å². The number of carbonyl (C=O) groups excluding carboxylic acids is 3. The van der Waals surface area contributed by atoms with Crippen LogP contribution in [0.25, 0.3) is 6.08 Å². The summed E-state index contributed by atoms with van der Waals surface area (Å²) in [4.78, 5) is 51.5. The predicted molar refractivity (Wildman–Crippen MR) is 150 cm³/mol. The summed E-state index contributed by atoms with van der Waals surface area (Å²) in [6, 6.07) is -0.718. The molecular weight excluding hydrogens is 556 g/mol. The number of allylic oxidation sites excluding steroid dienone is 4. The zero-order valence-electron chi connectivity index (χ0n) is 22.4. The SMILES string of the molecule is O=C(NCCO)C1=NN(C2CCS(=O)(=O)C2)C(=O)\C1=C/C=C/C=C/c1c(C(=O)NCCO)[nH]n(C2CCCC2)c1=O. The molecule has 14 nitrogen and oxygen atoms in total. The summed E-state index contributed by atoms with van der Waals surface area (Å²) in [6.45, 7) is -0.598. The number of aliphatic hydroxyl groups excluding tert-OH is 2. The maximum absolute atomic E-state index is 13.1. The van der Waals surface area contributed by atoms with Crippen molar-refractivity contribution in [2.75, 3.05) is 37.8 Å². The average Bonchev–Trinajstić information content (AvgIpc) is 3.73. The Morgan fingerprint density at radius 2 is 1.66 bits per heavy atom. The van der Waals surface area contributed by atoms with Gasteiger partial charge in [-0.25, -0.2) is 18.1 Å². The molecule has 2 fully saturated rings. The van der Waals surface area contributed by atoms with Gasteiger partial charge in [-0.05, 0) is 31.4 Å². The Morgan fingerprint density at radius 1 is 0.976 bits per heavy atom. The molecule has 15 heteroatoms. The van der Waals surface area contributed by atoms with Gasteiger partial charge in [0.2, 0.25) is 0 Å². The third-order valence-corrected chi connectivity index (χ3v) is 8.83. The molecule has 41 heavy (non-hydrogen) atoms. The molecule has 1 aromatic heterocycles. The van der Waals surface area contributed by atoms with E-state index in [2.05, 4.69) is 20.8 Å². The van der Waals surface area contributed by atoms with E-state index in [4.69, 9.17) is 10.2 Å². The van der Waals surface area contributed by atoms with E-state index in [0.29, 0.717) is 0 Å². The molecule has 1 atom stereocenters. The van der Waals surface area contributed by atoms with Crippen molar-refractivity contribution in [3.8, 4) is 0 Å². The number of aliphatic hydroxyl groups is 2. The summed E-state index contributed by atoms with van der Waals surface area (Å²) in [6.07, 6.45) is 11.1. The van der Waals surface area contributed by atoms with Crippen LogP contribution in [0, 0.1) is 0 Å². The minimum absolute atomic E-state index is 0.0275. The molecule has 1 unspecified atom stereocenters. The summed E-state index contributed by atoms with van der Waals surface area (Å²) in [5, 5.41) is 31.1. The van der Waals surface area contributed by atoms with Crippen molar-refractivity contribution in [3.05, 3.63) is 51.5 Å². The van der Waals surface area contributed by atoms with Crippen LogP contribution >= 0.6 is 0 Å². The Morgan fingerprint density at radius 3 is 2.29 bits per heavy atom. The number of carbonyl (C=O) groups is 3. The number of hydrogen-bond acceptors (Lipinski definition) is 9. The number of H-pyrrole nitrogens is 1. The number of hydrazone groups is 1. The largest absolute Gasteiger partial charge is 0.395 e. The van der Waals surface area contributed by atoms with Crippen molar-refractivity contribution in [3.63, 3.8) is 0 Å². The summed E-state index contributed by atoms with van der Waals surface area (Å²) in [7, 11) is -3.31. The van der Waals surface area contributed by atoms with Crippen LogP contribution in [-0.2, 0) is 19.4 Å². The van der Waals surface area contributed by atoms with Gasteiger partial charge in [-0.15, -0.1) is 0 Å². The molecule has 1 aliphatic carbocycles. The molecular formula is C26H34N6O8S. The topological polar surface area (TPSA) is 203 Å². The van der Waals surface area contributed by atoms with E-state index < -0.39 is 33.6 Å². The maximum Gasteiger partial charge on any atom is 0.276 e.